The molecule has 0 aromatic carbocycles. The van der Waals surface area contributed by atoms with Crippen molar-refractivity contribution in [1.82, 2.24) is 20.1 Å². The van der Waals surface area contributed by atoms with Crippen molar-refractivity contribution in [3.8, 4) is 11.3 Å². The highest BCUT2D eigenvalue weighted by Gasteiger charge is 2.23. The molecule has 2 aromatic heterocycles. The summed E-state index contributed by atoms with van der Waals surface area (Å²) in [6, 6.07) is 3.83. The Morgan fingerprint density at radius 1 is 1.53 bits per heavy atom. The molecule has 98 valence electrons. The molecule has 0 amide bonds. The largest absolute Gasteiger partial charge is 0.480 e. The predicted molar refractivity (Wildman–Crippen MR) is 68.4 cm³/mol. The second-order valence-corrected chi connectivity index (χ2v) is 4.63. The third-order valence-electron chi connectivity index (χ3n) is 3.31. The van der Waals surface area contributed by atoms with Gasteiger partial charge >= 0.3 is 5.97 Å². The van der Waals surface area contributed by atoms with Crippen LogP contribution >= 0.6 is 0 Å². The number of rotatable bonds is 3. The van der Waals surface area contributed by atoms with Gasteiger partial charge in [0.05, 0.1) is 12.2 Å². The number of H-pyrrole nitrogens is 1. The van der Waals surface area contributed by atoms with E-state index in [1.54, 1.807) is 12.4 Å². The number of carbonyl (C=O) groups is 1. The van der Waals surface area contributed by atoms with Crippen LogP contribution in [-0.2, 0) is 17.8 Å². The highest BCUT2D eigenvalue weighted by molar-refractivity contribution is 5.69. The van der Waals surface area contributed by atoms with E-state index in [4.69, 9.17) is 5.11 Å². The lowest BCUT2D eigenvalue weighted by atomic mass is 10.0. The quantitative estimate of drug-likeness (QED) is 0.855. The van der Waals surface area contributed by atoms with Crippen molar-refractivity contribution >= 4 is 5.97 Å². The number of aromatic nitrogens is 3. The molecule has 0 unspecified atom stereocenters. The summed E-state index contributed by atoms with van der Waals surface area (Å²) in [7, 11) is 0. The fourth-order valence-corrected chi connectivity index (χ4v) is 2.42. The van der Waals surface area contributed by atoms with Crippen LogP contribution in [0.4, 0.5) is 0 Å². The van der Waals surface area contributed by atoms with E-state index in [9.17, 15) is 4.79 Å². The van der Waals surface area contributed by atoms with Gasteiger partial charge in [0, 0.05) is 48.7 Å². The van der Waals surface area contributed by atoms with E-state index in [0.717, 1.165) is 35.5 Å². The topological polar surface area (TPSA) is 82.1 Å². The van der Waals surface area contributed by atoms with Gasteiger partial charge in [-0.3, -0.25) is 19.8 Å². The van der Waals surface area contributed by atoms with Gasteiger partial charge < -0.3 is 5.11 Å². The molecule has 1 aliphatic heterocycles. The van der Waals surface area contributed by atoms with Crippen LogP contribution in [0.2, 0.25) is 0 Å². The Balaban J connectivity index is 1.91. The smallest absolute Gasteiger partial charge is 0.317 e. The Bertz CT molecular complexity index is 594. The van der Waals surface area contributed by atoms with Crippen molar-refractivity contribution in [1.29, 1.82) is 0 Å². The number of hydrogen-bond acceptors (Lipinski definition) is 4. The molecule has 6 heteroatoms. The van der Waals surface area contributed by atoms with Gasteiger partial charge in [0.15, 0.2) is 0 Å². The first-order chi connectivity index (χ1) is 9.24. The average Bonchev–Trinajstić information content (AvgIpc) is 2.82. The molecule has 0 bridgehead atoms. The number of fused-ring (bicyclic) bond motifs is 1. The third kappa shape index (κ3) is 2.34. The van der Waals surface area contributed by atoms with E-state index in [0.29, 0.717) is 6.54 Å². The minimum absolute atomic E-state index is 0.0666. The van der Waals surface area contributed by atoms with Crippen LogP contribution in [0.25, 0.3) is 11.3 Å². The molecular formula is C13H14N4O2. The SMILES string of the molecule is O=C(O)CN1CCc2[nH]nc(-c3cccnc3)c2C1. The van der Waals surface area contributed by atoms with Crippen molar-refractivity contribution in [3.63, 3.8) is 0 Å². The summed E-state index contributed by atoms with van der Waals surface area (Å²) in [6.07, 6.45) is 4.29. The molecule has 0 radical (unpaired) electrons. The van der Waals surface area contributed by atoms with Crippen molar-refractivity contribution in [3.05, 3.63) is 35.8 Å². The van der Waals surface area contributed by atoms with Crippen LogP contribution in [-0.4, -0.2) is 44.2 Å². The summed E-state index contributed by atoms with van der Waals surface area (Å²) in [5.41, 5.74) is 4.01. The van der Waals surface area contributed by atoms with E-state index in [1.807, 2.05) is 17.0 Å². The molecule has 19 heavy (non-hydrogen) atoms. The maximum atomic E-state index is 10.8. The Labute approximate surface area is 110 Å². The minimum Gasteiger partial charge on any atom is -0.480 e. The summed E-state index contributed by atoms with van der Waals surface area (Å²) in [4.78, 5) is 16.8. The van der Waals surface area contributed by atoms with Crippen LogP contribution in [0.15, 0.2) is 24.5 Å². The minimum atomic E-state index is -0.796. The van der Waals surface area contributed by atoms with Gasteiger partial charge in [-0.2, -0.15) is 5.10 Å². The predicted octanol–water partition coefficient (Wildman–Crippen LogP) is 0.914. The van der Waals surface area contributed by atoms with Gasteiger partial charge in [0.2, 0.25) is 0 Å². The Kier molecular flexibility index (Phi) is 3.00. The number of carboxylic acids is 1. The number of nitrogens with one attached hydrogen (secondary N) is 1. The van der Waals surface area contributed by atoms with Crippen molar-refractivity contribution < 1.29 is 9.90 Å². The van der Waals surface area contributed by atoms with Gasteiger partial charge in [-0.1, -0.05) is 0 Å². The first-order valence-electron chi connectivity index (χ1n) is 6.14. The van der Waals surface area contributed by atoms with E-state index >= 15 is 0 Å². The van der Waals surface area contributed by atoms with Crippen LogP contribution in [0.5, 0.6) is 0 Å². The molecule has 2 aromatic rings. The molecular weight excluding hydrogens is 244 g/mol. The summed E-state index contributed by atoms with van der Waals surface area (Å²) in [6.45, 7) is 1.42. The van der Waals surface area contributed by atoms with Crippen LogP contribution in [0.1, 0.15) is 11.3 Å². The van der Waals surface area contributed by atoms with Gasteiger partial charge in [0.1, 0.15) is 0 Å². The lowest BCUT2D eigenvalue weighted by molar-refractivity contribution is -0.138. The first kappa shape index (κ1) is 11.9. The number of aliphatic carboxylic acids is 1. The lowest BCUT2D eigenvalue weighted by Crippen LogP contribution is -2.34. The second kappa shape index (κ2) is 4.81. The average molecular weight is 258 g/mol. The zero-order valence-corrected chi connectivity index (χ0v) is 10.3. The van der Waals surface area contributed by atoms with Crippen molar-refractivity contribution in [2.75, 3.05) is 13.1 Å². The summed E-state index contributed by atoms with van der Waals surface area (Å²) < 4.78 is 0. The maximum Gasteiger partial charge on any atom is 0.317 e. The van der Waals surface area contributed by atoms with Gasteiger partial charge in [-0.25, -0.2) is 0 Å². The highest BCUT2D eigenvalue weighted by atomic mass is 16.4. The number of aromatic amines is 1. The lowest BCUT2D eigenvalue weighted by Gasteiger charge is -2.25. The van der Waals surface area contributed by atoms with Gasteiger partial charge in [-0.15, -0.1) is 0 Å². The summed E-state index contributed by atoms with van der Waals surface area (Å²) in [5.74, 6) is -0.796. The van der Waals surface area contributed by atoms with Crippen molar-refractivity contribution in [2.45, 2.75) is 13.0 Å². The second-order valence-electron chi connectivity index (χ2n) is 4.63. The summed E-state index contributed by atoms with van der Waals surface area (Å²) in [5, 5.41) is 16.3. The molecule has 1 aliphatic rings. The fourth-order valence-electron chi connectivity index (χ4n) is 2.42. The van der Waals surface area contributed by atoms with Gasteiger partial charge in [-0.05, 0) is 12.1 Å². The third-order valence-corrected chi connectivity index (χ3v) is 3.31. The molecule has 3 rings (SSSR count). The molecule has 0 saturated heterocycles. The van der Waals surface area contributed by atoms with E-state index < -0.39 is 5.97 Å². The maximum absolute atomic E-state index is 10.8. The van der Waals surface area contributed by atoms with E-state index in [-0.39, 0.29) is 6.54 Å². The molecule has 0 fully saturated rings. The Morgan fingerprint density at radius 2 is 2.42 bits per heavy atom. The molecule has 6 nitrogen and oxygen atoms in total. The van der Waals surface area contributed by atoms with Crippen LogP contribution in [0.3, 0.4) is 0 Å². The molecule has 0 aliphatic carbocycles. The first-order valence-corrected chi connectivity index (χ1v) is 6.14. The molecule has 0 saturated carbocycles. The zero-order chi connectivity index (χ0) is 13.2. The molecule has 0 spiro atoms. The summed E-state index contributed by atoms with van der Waals surface area (Å²) >= 11 is 0. The van der Waals surface area contributed by atoms with E-state index in [2.05, 4.69) is 15.2 Å². The highest BCUT2D eigenvalue weighted by Crippen LogP contribution is 2.27. The molecule has 2 N–H and O–H groups in total. The van der Waals surface area contributed by atoms with Crippen LogP contribution in [0, 0.1) is 0 Å². The standard InChI is InChI=1S/C13H14N4O2/c18-12(19)8-17-5-3-11-10(7-17)13(16-15-11)9-2-1-4-14-6-9/h1-2,4,6H,3,5,7-8H2,(H,15,16)(H,18,19). The monoisotopic (exact) mass is 258 g/mol. The fraction of sp³-hybridized carbons (Fsp3) is 0.308. The molecule has 0 atom stereocenters. The number of nitrogens with zero attached hydrogens (tertiary/aromatic N) is 3. The normalized spacial score (nSPS) is 15.2. The number of hydrogen-bond donors (Lipinski definition) is 2. The molecule has 3 heterocycles. The van der Waals surface area contributed by atoms with E-state index in [1.165, 1.54) is 0 Å². The van der Waals surface area contributed by atoms with Crippen molar-refractivity contribution in [2.24, 2.45) is 0 Å². The number of carboxylic acid groups (broad SMARTS) is 1. The Morgan fingerprint density at radius 3 is 3.16 bits per heavy atom. The Hall–Kier alpha value is -2.21. The zero-order valence-electron chi connectivity index (χ0n) is 10.3. The number of pyridine rings is 1. The van der Waals surface area contributed by atoms with Gasteiger partial charge in [0.25, 0.3) is 0 Å². The van der Waals surface area contributed by atoms with Crippen LogP contribution < -0.4 is 0 Å².